The van der Waals surface area contributed by atoms with Gasteiger partial charge in [0.1, 0.15) is 5.60 Å². The number of aromatic nitrogens is 2. The monoisotopic (exact) mass is 344 g/mol. The first-order valence-corrected chi connectivity index (χ1v) is 9.03. The fourth-order valence-electron chi connectivity index (χ4n) is 2.27. The van der Waals surface area contributed by atoms with Crippen LogP contribution >= 0.6 is 0 Å². The van der Waals surface area contributed by atoms with Gasteiger partial charge in [0.15, 0.2) is 5.82 Å². The fourth-order valence-corrected chi connectivity index (χ4v) is 3.69. The van der Waals surface area contributed by atoms with Gasteiger partial charge in [0.05, 0.1) is 5.75 Å². The van der Waals surface area contributed by atoms with Crippen molar-refractivity contribution in [1.82, 2.24) is 14.7 Å². The first kappa shape index (κ1) is 17.6. The van der Waals surface area contributed by atoms with Crippen LogP contribution in [0.3, 0.4) is 0 Å². The van der Waals surface area contributed by atoms with Gasteiger partial charge in [-0.05, 0) is 20.8 Å². The summed E-state index contributed by atoms with van der Waals surface area (Å²) in [7, 11) is -0.247. The van der Waals surface area contributed by atoms with E-state index in [1.54, 1.807) is 44.8 Å². The van der Waals surface area contributed by atoms with E-state index >= 15 is 0 Å². The van der Waals surface area contributed by atoms with Gasteiger partial charge in [0.25, 0.3) is 0 Å². The fraction of sp³-hybridized carbons (Fsp3) is 0.714. The molecule has 0 radical (unpaired) electrons. The Morgan fingerprint density at radius 2 is 2.04 bits per heavy atom. The lowest BCUT2D eigenvalue weighted by Crippen LogP contribution is -2.54. The summed E-state index contributed by atoms with van der Waals surface area (Å²) in [6.45, 7) is 6.19. The van der Waals surface area contributed by atoms with Crippen molar-refractivity contribution < 1.29 is 17.9 Å². The van der Waals surface area contributed by atoms with Crippen LogP contribution in [-0.4, -0.2) is 60.7 Å². The number of rotatable bonds is 4. The molecule has 8 nitrogen and oxygen atoms in total. The molecule has 0 atom stereocenters. The number of amides is 1. The maximum absolute atomic E-state index is 12.4. The van der Waals surface area contributed by atoms with Crippen LogP contribution in [0.2, 0.25) is 0 Å². The summed E-state index contributed by atoms with van der Waals surface area (Å²) in [5.74, 6) is 0.286. The maximum atomic E-state index is 12.4. The van der Waals surface area contributed by atoms with Crippen LogP contribution in [-0.2, 0) is 21.8 Å². The van der Waals surface area contributed by atoms with Gasteiger partial charge in [-0.15, -0.1) is 0 Å². The SMILES string of the molecule is CN(c1ccn(C)n1)S(=O)(=O)CC1CN(C(=O)OC(C)(C)C)C1. The molecule has 0 aliphatic carbocycles. The lowest BCUT2D eigenvalue weighted by molar-refractivity contribution is 0.00191. The van der Waals surface area contributed by atoms with Crippen molar-refractivity contribution in [2.24, 2.45) is 13.0 Å². The molecule has 23 heavy (non-hydrogen) atoms. The van der Waals surface area contributed by atoms with E-state index in [4.69, 9.17) is 4.74 Å². The Morgan fingerprint density at radius 1 is 1.43 bits per heavy atom. The summed E-state index contributed by atoms with van der Waals surface area (Å²) < 4.78 is 32.8. The molecule has 1 aliphatic rings. The predicted octanol–water partition coefficient (Wildman–Crippen LogP) is 1.05. The summed E-state index contributed by atoms with van der Waals surface area (Å²) in [6, 6.07) is 1.64. The summed E-state index contributed by atoms with van der Waals surface area (Å²) >= 11 is 0. The minimum absolute atomic E-state index is 0.0145. The number of sulfonamides is 1. The smallest absolute Gasteiger partial charge is 0.410 e. The number of aryl methyl sites for hydroxylation is 1. The van der Waals surface area contributed by atoms with Crippen molar-refractivity contribution in [3.8, 4) is 0 Å². The third-order valence-corrected chi connectivity index (χ3v) is 5.41. The Kier molecular flexibility index (Phi) is 4.61. The van der Waals surface area contributed by atoms with Crippen LogP contribution < -0.4 is 4.31 Å². The molecule has 0 aromatic carbocycles. The van der Waals surface area contributed by atoms with Crippen LogP contribution in [0.5, 0.6) is 0 Å². The van der Waals surface area contributed by atoms with Crippen molar-refractivity contribution in [2.45, 2.75) is 26.4 Å². The Morgan fingerprint density at radius 3 is 2.52 bits per heavy atom. The molecule has 0 N–H and O–H groups in total. The van der Waals surface area contributed by atoms with Crippen LogP contribution in [0.1, 0.15) is 20.8 Å². The van der Waals surface area contributed by atoms with Crippen molar-refractivity contribution in [2.75, 3.05) is 30.2 Å². The molecule has 1 aromatic heterocycles. The van der Waals surface area contributed by atoms with Gasteiger partial charge in [-0.2, -0.15) is 5.10 Å². The van der Waals surface area contributed by atoms with Crippen LogP contribution in [0.4, 0.5) is 10.6 Å². The molecule has 1 aliphatic heterocycles. The number of anilines is 1. The molecule has 0 bridgehead atoms. The maximum Gasteiger partial charge on any atom is 0.410 e. The highest BCUT2D eigenvalue weighted by atomic mass is 32.2. The number of hydrogen-bond acceptors (Lipinski definition) is 5. The molecule has 1 aromatic rings. The number of carbonyl (C=O) groups excluding carboxylic acids is 1. The topological polar surface area (TPSA) is 84.7 Å². The summed E-state index contributed by atoms with van der Waals surface area (Å²) in [5.41, 5.74) is -0.548. The molecular weight excluding hydrogens is 320 g/mol. The highest BCUT2D eigenvalue weighted by molar-refractivity contribution is 7.92. The average molecular weight is 344 g/mol. The largest absolute Gasteiger partial charge is 0.444 e. The second-order valence-corrected chi connectivity index (χ2v) is 8.89. The molecule has 0 unspecified atom stereocenters. The molecule has 2 heterocycles. The Hall–Kier alpha value is -1.77. The highest BCUT2D eigenvalue weighted by Gasteiger charge is 2.37. The first-order chi connectivity index (χ1) is 10.5. The number of carbonyl (C=O) groups is 1. The molecular formula is C14H24N4O4S. The van der Waals surface area contributed by atoms with Crippen molar-refractivity contribution in [1.29, 1.82) is 0 Å². The Bertz CT molecular complexity index is 671. The summed E-state index contributed by atoms with van der Waals surface area (Å²) in [5, 5.41) is 4.09. The van der Waals surface area contributed by atoms with E-state index in [1.165, 1.54) is 16.3 Å². The van der Waals surface area contributed by atoms with Crippen molar-refractivity contribution >= 4 is 21.9 Å². The third-order valence-electron chi connectivity index (χ3n) is 3.49. The van der Waals surface area contributed by atoms with E-state index < -0.39 is 21.7 Å². The van der Waals surface area contributed by atoms with E-state index in [-0.39, 0.29) is 11.7 Å². The standard InChI is InChI=1S/C14H24N4O4S/c1-14(2,3)22-13(19)18-8-11(9-18)10-23(20,21)17(5)12-6-7-16(4)15-12/h6-7,11H,8-10H2,1-5H3. The number of ether oxygens (including phenoxy) is 1. The summed E-state index contributed by atoms with van der Waals surface area (Å²) in [4.78, 5) is 13.4. The Labute approximate surface area is 137 Å². The minimum atomic E-state index is -3.47. The zero-order valence-electron chi connectivity index (χ0n) is 14.2. The third kappa shape index (κ3) is 4.37. The van der Waals surface area contributed by atoms with E-state index in [0.717, 1.165) is 0 Å². The highest BCUT2D eigenvalue weighted by Crippen LogP contribution is 2.23. The zero-order valence-corrected chi connectivity index (χ0v) is 15.0. The lowest BCUT2D eigenvalue weighted by atomic mass is 10.0. The molecule has 1 amide bonds. The lowest BCUT2D eigenvalue weighted by Gasteiger charge is -2.40. The van der Waals surface area contributed by atoms with Gasteiger partial charge in [0, 0.05) is 45.4 Å². The number of likely N-dealkylation sites (tertiary alicyclic amines) is 1. The quantitative estimate of drug-likeness (QED) is 0.815. The molecule has 0 spiro atoms. The Balaban J connectivity index is 1.88. The predicted molar refractivity (Wildman–Crippen MR) is 86.7 cm³/mol. The molecule has 1 fully saturated rings. The second-order valence-electron chi connectivity index (χ2n) is 6.85. The number of nitrogens with zero attached hydrogens (tertiary/aromatic N) is 4. The van der Waals surface area contributed by atoms with Crippen molar-refractivity contribution in [3.05, 3.63) is 12.3 Å². The van der Waals surface area contributed by atoms with Gasteiger partial charge in [-0.25, -0.2) is 13.2 Å². The van der Waals surface area contributed by atoms with Crippen LogP contribution in [0.25, 0.3) is 0 Å². The van der Waals surface area contributed by atoms with Gasteiger partial charge in [-0.1, -0.05) is 0 Å². The van der Waals surface area contributed by atoms with Gasteiger partial charge >= 0.3 is 6.09 Å². The van der Waals surface area contributed by atoms with E-state index in [0.29, 0.717) is 18.9 Å². The minimum Gasteiger partial charge on any atom is -0.444 e. The second kappa shape index (κ2) is 6.03. The van der Waals surface area contributed by atoms with Crippen LogP contribution in [0, 0.1) is 5.92 Å². The summed E-state index contributed by atoms with van der Waals surface area (Å²) in [6.07, 6.45) is 1.29. The van der Waals surface area contributed by atoms with Gasteiger partial charge in [-0.3, -0.25) is 8.99 Å². The van der Waals surface area contributed by atoms with E-state index in [1.807, 2.05) is 0 Å². The van der Waals surface area contributed by atoms with Crippen molar-refractivity contribution in [3.63, 3.8) is 0 Å². The zero-order chi connectivity index (χ0) is 17.4. The first-order valence-electron chi connectivity index (χ1n) is 7.42. The van der Waals surface area contributed by atoms with Gasteiger partial charge in [0.2, 0.25) is 10.0 Å². The molecule has 0 saturated carbocycles. The average Bonchev–Trinajstić information content (AvgIpc) is 2.76. The van der Waals surface area contributed by atoms with Gasteiger partial charge < -0.3 is 9.64 Å². The molecule has 130 valence electrons. The molecule has 2 rings (SSSR count). The normalized spacial score (nSPS) is 16.1. The van der Waals surface area contributed by atoms with E-state index in [9.17, 15) is 13.2 Å². The van der Waals surface area contributed by atoms with Crippen LogP contribution in [0.15, 0.2) is 12.3 Å². The number of hydrogen-bond donors (Lipinski definition) is 0. The molecule has 1 saturated heterocycles. The molecule has 9 heteroatoms. The van der Waals surface area contributed by atoms with E-state index in [2.05, 4.69) is 5.10 Å².